The van der Waals surface area contributed by atoms with Crippen LogP contribution in [0.3, 0.4) is 0 Å². The van der Waals surface area contributed by atoms with Gasteiger partial charge in [0.1, 0.15) is 11.6 Å². The summed E-state index contributed by atoms with van der Waals surface area (Å²) in [6, 6.07) is 2.37. The highest BCUT2D eigenvalue weighted by Gasteiger charge is 2.38. The highest BCUT2D eigenvalue weighted by molar-refractivity contribution is 5.97. The van der Waals surface area contributed by atoms with Crippen molar-refractivity contribution in [3.05, 3.63) is 33.7 Å². The molecule has 0 unspecified atom stereocenters. The largest absolute Gasteiger partial charge is 0.355 e. The third-order valence-electron chi connectivity index (χ3n) is 4.03. The number of aromatic amines is 1. The molecule has 0 radical (unpaired) electrons. The zero-order valence-corrected chi connectivity index (χ0v) is 13.8. The van der Waals surface area contributed by atoms with Crippen molar-refractivity contribution in [2.45, 2.75) is 45.2 Å². The van der Waals surface area contributed by atoms with Gasteiger partial charge >= 0.3 is 0 Å². The van der Waals surface area contributed by atoms with Gasteiger partial charge in [0.15, 0.2) is 0 Å². The fraction of sp³-hybridized carbons (Fsp3) is 0.562. The first-order valence-electron chi connectivity index (χ1n) is 7.92. The third-order valence-corrected chi connectivity index (χ3v) is 4.03. The topological polar surface area (TPSA) is 108 Å². The van der Waals surface area contributed by atoms with E-state index in [1.807, 2.05) is 20.8 Å². The predicted octanol–water partition coefficient (Wildman–Crippen LogP) is 0.176. The van der Waals surface area contributed by atoms with Crippen LogP contribution in [0.4, 0.5) is 0 Å². The van der Waals surface area contributed by atoms with Crippen molar-refractivity contribution >= 4 is 11.8 Å². The number of hydrogen-bond acceptors (Lipinski definition) is 4. The Bertz CT molecular complexity index is 653. The van der Waals surface area contributed by atoms with Crippen molar-refractivity contribution in [2.75, 3.05) is 13.1 Å². The van der Waals surface area contributed by atoms with Crippen LogP contribution in [0.2, 0.25) is 0 Å². The Morgan fingerprint density at radius 3 is 2.70 bits per heavy atom. The standard InChI is InChI=1S/C16H24N4O3/c1-4-18-15(22)13-7-10(17)8-20(13)16(23)11-5-6-12(9(2)3)19-14(11)21/h5-6,9-10,13H,4,7-8,17H2,1-3H3,(H,18,22)(H,19,21)/t10-,13+/m1/s1. The lowest BCUT2D eigenvalue weighted by Gasteiger charge is -2.23. The Labute approximate surface area is 135 Å². The molecule has 0 bridgehead atoms. The molecule has 1 aromatic heterocycles. The van der Waals surface area contributed by atoms with Crippen molar-refractivity contribution in [1.82, 2.24) is 15.2 Å². The Balaban J connectivity index is 2.28. The number of pyridine rings is 1. The summed E-state index contributed by atoms with van der Waals surface area (Å²) >= 11 is 0. The van der Waals surface area contributed by atoms with Crippen LogP contribution in [0.1, 0.15) is 49.2 Å². The molecule has 1 saturated heterocycles. The van der Waals surface area contributed by atoms with Gasteiger partial charge in [-0.25, -0.2) is 0 Å². The molecule has 0 aromatic carbocycles. The zero-order chi connectivity index (χ0) is 17.1. The molecule has 1 fully saturated rings. The summed E-state index contributed by atoms with van der Waals surface area (Å²) in [7, 11) is 0. The van der Waals surface area contributed by atoms with Crippen LogP contribution in [0.15, 0.2) is 16.9 Å². The molecular formula is C16H24N4O3. The number of amides is 2. The number of nitrogens with zero attached hydrogens (tertiary/aromatic N) is 1. The third kappa shape index (κ3) is 3.61. The summed E-state index contributed by atoms with van der Waals surface area (Å²) in [5, 5.41) is 2.71. The summed E-state index contributed by atoms with van der Waals surface area (Å²) in [4.78, 5) is 41.1. The molecule has 0 spiro atoms. The van der Waals surface area contributed by atoms with Crippen LogP contribution in [0.5, 0.6) is 0 Å². The molecule has 1 aliphatic rings. The van der Waals surface area contributed by atoms with E-state index >= 15 is 0 Å². The van der Waals surface area contributed by atoms with E-state index in [4.69, 9.17) is 5.73 Å². The number of aromatic nitrogens is 1. The van der Waals surface area contributed by atoms with E-state index in [2.05, 4.69) is 10.3 Å². The number of rotatable bonds is 4. The Hall–Kier alpha value is -2.15. The molecule has 2 atom stereocenters. The van der Waals surface area contributed by atoms with Gasteiger partial charge < -0.3 is 20.9 Å². The van der Waals surface area contributed by atoms with Crippen LogP contribution < -0.4 is 16.6 Å². The molecule has 1 aromatic rings. The normalized spacial score (nSPS) is 20.8. The Morgan fingerprint density at radius 1 is 1.43 bits per heavy atom. The lowest BCUT2D eigenvalue weighted by molar-refractivity contribution is -0.124. The van der Waals surface area contributed by atoms with Crippen LogP contribution in [0.25, 0.3) is 0 Å². The first-order chi connectivity index (χ1) is 10.8. The highest BCUT2D eigenvalue weighted by atomic mass is 16.2. The summed E-state index contributed by atoms with van der Waals surface area (Å²) in [6.45, 7) is 6.48. The molecule has 2 rings (SSSR count). The van der Waals surface area contributed by atoms with Gasteiger partial charge in [-0.1, -0.05) is 13.8 Å². The molecule has 7 nitrogen and oxygen atoms in total. The Kier molecular flexibility index (Phi) is 5.20. The number of nitrogens with two attached hydrogens (primary N) is 1. The molecule has 2 heterocycles. The molecular weight excluding hydrogens is 296 g/mol. The van der Waals surface area contributed by atoms with Crippen LogP contribution in [0, 0.1) is 0 Å². The number of carbonyl (C=O) groups excluding carboxylic acids is 2. The lowest BCUT2D eigenvalue weighted by atomic mass is 10.1. The minimum Gasteiger partial charge on any atom is -0.355 e. The van der Waals surface area contributed by atoms with E-state index in [-0.39, 0.29) is 30.0 Å². The van der Waals surface area contributed by atoms with Gasteiger partial charge in [0, 0.05) is 24.8 Å². The van der Waals surface area contributed by atoms with Gasteiger partial charge in [0.25, 0.3) is 11.5 Å². The average molecular weight is 320 g/mol. The van der Waals surface area contributed by atoms with Gasteiger partial charge in [0.05, 0.1) is 0 Å². The predicted molar refractivity (Wildman–Crippen MR) is 87.3 cm³/mol. The van der Waals surface area contributed by atoms with Crippen LogP contribution >= 0.6 is 0 Å². The molecule has 7 heteroatoms. The molecule has 126 valence electrons. The minimum absolute atomic E-state index is 0.0396. The van der Waals surface area contributed by atoms with Crippen molar-refractivity contribution in [3.63, 3.8) is 0 Å². The maximum absolute atomic E-state index is 12.7. The summed E-state index contributed by atoms with van der Waals surface area (Å²) < 4.78 is 0. The SMILES string of the molecule is CCNC(=O)[C@@H]1C[C@@H](N)CN1C(=O)c1ccc(C(C)C)[nH]c1=O. The van der Waals surface area contributed by atoms with Gasteiger partial charge in [-0.3, -0.25) is 14.4 Å². The summed E-state index contributed by atoms with van der Waals surface area (Å²) in [6.07, 6.45) is 0.402. The van der Waals surface area contributed by atoms with E-state index in [9.17, 15) is 14.4 Å². The second-order valence-electron chi connectivity index (χ2n) is 6.17. The van der Waals surface area contributed by atoms with E-state index < -0.39 is 17.5 Å². The van der Waals surface area contributed by atoms with Crippen molar-refractivity contribution in [2.24, 2.45) is 5.73 Å². The van der Waals surface area contributed by atoms with E-state index in [0.29, 0.717) is 13.0 Å². The quantitative estimate of drug-likeness (QED) is 0.735. The summed E-state index contributed by atoms with van der Waals surface area (Å²) in [5.74, 6) is -0.523. The fourth-order valence-corrected chi connectivity index (χ4v) is 2.78. The average Bonchev–Trinajstić information content (AvgIpc) is 2.88. The molecule has 1 aliphatic heterocycles. The van der Waals surface area contributed by atoms with E-state index in [1.54, 1.807) is 6.07 Å². The Morgan fingerprint density at radius 2 is 2.13 bits per heavy atom. The highest BCUT2D eigenvalue weighted by Crippen LogP contribution is 2.19. The molecule has 0 aliphatic carbocycles. The number of hydrogen-bond donors (Lipinski definition) is 3. The first kappa shape index (κ1) is 17.2. The van der Waals surface area contributed by atoms with Crippen LogP contribution in [-0.4, -0.2) is 46.9 Å². The van der Waals surface area contributed by atoms with Crippen molar-refractivity contribution < 1.29 is 9.59 Å². The number of likely N-dealkylation sites (tertiary alicyclic amines) is 1. The zero-order valence-electron chi connectivity index (χ0n) is 13.8. The van der Waals surface area contributed by atoms with Crippen LogP contribution in [-0.2, 0) is 4.79 Å². The lowest BCUT2D eigenvalue weighted by Crippen LogP contribution is -2.47. The van der Waals surface area contributed by atoms with Gasteiger partial charge in [-0.2, -0.15) is 0 Å². The molecule has 4 N–H and O–H groups in total. The first-order valence-corrected chi connectivity index (χ1v) is 7.92. The van der Waals surface area contributed by atoms with Crippen molar-refractivity contribution in [3.8, 4) is 0 Å². The summed E-state index contributed by atoms with van der Waals surface area (Å²) in [5.41, 5.74) is 6.28. The fourth-order valence-electron chi connectivity index (χ4n) is 2.78. The second kappa shape index (κ2) is 6.95. The van der Waals surface area contributed by atoms with E-state index in [1.165, 1.54) is 11.0 Å². The van der Waals surface area contributed by atoms with E-state index in [0.717, 1.165) is 5.69 Å². The number of nitrogens with one attached hydrogen (secondary N) is 2. The maximum Gasteiger partial charge on any atom is 0.261 e. The van der Waals surface area contributed by atoms with Crippen molar-refractivity contribution in [1.29, 1.82) is 0 Å². The number of likely N-dealkylation sites (N-methyl/N-ethyl adjacent to an activating group) is 1. The number of H-pyrrole nitrogens is 1. The minimum atomic E-state index is -0.623. The van der Waals surface area contributed by atoms with Gasteiger partial charge in [-0.15, -0.1) is 0 Å². The second-order valence-corrected chi connectivity index (χ2v) is 6.17. The van der Waals surface area contributed by atoms with Gasteiger partial charge in [-0.05, 0) is 31.4 Å². The maximum atomic E-state index is 12.7. The molecule has 23 heavy (non-hydrogen) atoms. The van der Waals surface area contributed by atoms with Gasteiger partial charge in [0.2, 0.25) is 5.91 Å². The molecule has 2 amide bonds. The molecule has 0 saturated carbocycles. The smallest absolute Gasteiger partial charge is 0.261 e. The number of carbonyl (C=O) groups is 2. The monoisotopic (exact) mass is 320 g/mol.